The molecule has 0 radical (unpaired) electrons. The smallest absolute Gasteiger partial charge is 0.411 e. The highest BCUT2D eigenvalue weighted by Gasteiger charge is 2.68. The molecule has 4 heteroatoms. The van der Waals surface area contributed by atoms with Gasteiger partial charge in [0.25, 0.3) is 0 Å². The summed E-state index contributed by atoms with van der Waals surface area (Å²) in [5.74, 6) is 0. The molecule has 1 heterocycles. The van der Waals surface area contributed by atoms with Crippen LogP contribution < -0.4 is 0 Å². The Morgan fingerprint density at radius 3 is 2.67 bits per heavy atom. The van der Waals surface area contributed by atoms with E-state index in [2.05, 4.69) is 12.1 Å². The number of allylic oxidation sites excluding steroid dienone is 1. The molecule has 1 aliphatic heterocycles. The monoisotopic (exact) mass is 327 g/mol. The van der Waals surface area contributed by atoms with Gasteiger partial charge in [0.1, 0.15) is 11.9 Å². The Hall–Kier alpha value is -2.10. The van der Waals surface area contributed by atoms with Crippen molar-refractivity contribution in [3.8, 4) is 0 Å². The SMILES string of the molecule is CC(C)(C)OC(=O)N1[C@@H]2CCC/C(=C\C=O)[C@@]21Cc1ccccc1. The van der Waals surface area contributed by atoms with Gasteiger partial charge in [-0.1, -0.05) is 30.3 Å². The molecule has 24 heavy (non-hydrogen) atoms. The predicted octanol–water partition coefficient (Wildman–Crippen LogP) is 3.90. The summed E-state index contributed by atoms with van der Waals surface area (Å²) in [7, 11) is 0. The third kappa shape index (κ3) is 2.97. The third-order valence-corrected chi connectivity index (χ3v) is 4.88. The average molecular weight is 327 g/mol. The zero-order valence-electron chi connectivity index (χ0n) is 14.6. The Balaban J connectivity index is 1.93. The van der Waals surface area contributed by atoms with E-state index in [0.29, 0.717) is 0 Å². The van der Waals surface area contributed by atoms with Crippen LogP contribution in [0.25, 0.3) is 0 Å². The van der Waals surface area contributed by atoms with Crippen molar-refractivity contribution in [3.63, 3.8) is 0 Å². The fraction of sp³-hybridized carbons (Fsp3) is 0.500. The molecule has 0 N–H and O–H groups in total. The van der Waals surface area contributed by atoms with E-state index in [4.69, 9.17) is 4.74 Å². The van der Waals surface area contributed by atoms with E-state index in [-0.39, 0.29) is 17.7 Å². The van der Waals surface area contributed by atoms with Crippen LogP contribution in [0.5, 0.6) is 0 Å². The van der Waals surface area contributed by atoms with Crippen molar-refractivity contribution < 1.29 is 14.3 Å². The number of aldehydes is 1. The van der Waals surface area contributed by atoms with Crippen molar-refractivity contribution in [2.45, 2.75) is 63.6 Å². The minimum Gasteiger partial charge on any atom is -0.444 e. The lowest BCUT2D eigenvalue weighted by Gasteiger charge is -2.25. The summed E-state index contributed by atoms with van der Waals surface area (Å²) in [5.41, 5.74) is 1.32. The number of hydrogen-bond donors (Lipinski definition) is 0. The number of benzene rings is 1. The number of carbonyl (C=O) groups is 2. The van der Waals surface area contributed by atoms with Gasteiger partial charge < -0.3 is 4.74 Å². The van der Waals surface area contributed by atoms with E-state index >= 15 is 0 Å². The van der Waals surface area contributed by atoms with Gasteiger partial charge in [-0.3, -0.25) is 9.69 Å². The second-order valence-electron chi connectivity index (χ2n) is 7.67. The van der Waals surface area contributed by atoms with Gasteiger partial charge in [-0.25, -0.2) is 4.79 Å². The molecular weight excluding hydrogens is 302 g/mol. The Labute approximate surface area is 143 Å². The van der Waals surface area contributed by atoms with Gasteiger partial charge in [-0.05, 0) is 57.2 Å². The fourth-order valence-corrected chi connectivity index (χ4v) is 3.97. The number of nitrogens with zero attached hydrogens (tertiary/aromatic N) is 1. The molecule has 1 aromatic carbocycles. The van der Waals surface area contributed by atoms with Crippen molar-refractivity contribution >= 4 is 12.4 Å². The van der Waals surface area contributed by atoms with E-state index in [1.165, 1.54) is 5.56 Å². The van der Waals surface area contributed by atoms with Crippen LogP contribution in [0.4, 0.5) is 4.79 Å². The van der Waals surface area contributed by atoms with E-state index < -0.39 is 5.60 Å². The summed E-state index contributed by atoms with van der Waals surface area (Å²) < 4.78 is 5.61. The number of amides is 1. The van der Waals surface area contributed by atoms with Crippen LogP contribution in [-0.2, 0) is 16.0 Å². The van der Waals surface area contributed by atoms with Gasteiger partial charge in [0.05, 0.1) is 11.6 Å². The molecule has 1 amide bonds. The summed E-state index contributed by atoms with van der Waals surface area (Å²) in [4.78, 5) is 25.7. The highest BCUT2D eigenvalue weighted by Crippen LogP contribution is 2.56. The van der Waals surface area contributed by atoms with Crippen molar-refractivity contribution in [3.05, 3.63) is 47.5 Å². The van der Waals surface area contributed by atoms with Gasteiger partial charge in [0.15, 0.2) is 0 Å². The molecule has 0 bridgehead atoms. The number of fused-ring (bicyclic) bond motifs is 1. The Bertz CT molecular complexity index is 659. The maximum atomic E-state index is 12.7. The highest BCUT2D eigenvalue weighted by atomic mass is 16.6. The molecule has 3 rings (SSSR count). The van der Waals surface area contributed by atoms with Crippen LogP contribution in [0, 0.1) is 0 Å². The van der Waals surface area contributed by atoms with Gasteiger partial charge in [0, 0.05) is 6.42 Å². The molecule has 4 nitrogen and oxygen atoms in total. The van der Waals surface area contributed by atoms with Gasteiger partial charge >= 0.3 is 6.09 Å². The lowest BCUT2D eigenvalue weighted by Crippen LogP contribution is -2.33. The van der Waals surface area contributed by atoms with Crippen LogP contribution >= 0.6 is 0 Å². The zero-order chi connectivity index (χ0) is 17.4. The van der Waals surface area contributed by atoms with Crippen LogP contribution in [0.15, 0.2) is 42.0 Å². The zero-order valence-corrected chi connectivity index (χ0v) is 14.6. The number of carbonyl (C=O) groups excluding carboxylic acids is 2. The molecule has 0 aromatic heterocycles. The van der Waals surface area contributed by atoms with E-state index in [1.54, 1.807) is 6.08 Å². The van der Waals surface area contributed by atoms with Crippen molar-refractivity contribution in [2.75, 3.05) is 0 Å². The average Bonchev–Trinajstić information content (AvgIpc) is 3.16. The molecule has 128 valence electrons. The molecule has 0 unspecified atom stereocenters. The first-order chi connectivity index (χ1) is 11.4. The fourth-order valence-electron chi connectivity index (χ4n) is 3.97. The van der Waals surface area contributed by atoms with Crippen molar-refractivity contribution in [2.24, 2.45) is 0 Å². The molecule has 2 fully saturated rings. The molecular formula is C20H25NO3. The van der Waals surface area contributed by atoms with Crippen molar-refractivity contribution in [1.29, 1.82) is 0 Å². The Morgan fingerprint density at radius 1 is 1.33 bits per heavy atom. The van der Waals surface area contributed by atoms with Crippen LogP contribution in [-0.4, -0.2) is 34.5 Å². The van der Waals surface area contributed by atoms with Gasteiger partial charge in [-0.15, -0.1) is 0 Å². The first kappa shape index (κ1) is 16.7. The second kappa shape index (κ2) is 6.08. The molecule has 1 saturated heterocycles. The number of ether oxygens (including phenoxy) is 1. The molecule has 2 atom stereocenters. The molecule has 1 aromatic rings. The summed E-state index contributed by atoms with van der Waals surface area (Å²) in [6, 6.07) is 10.3. The van der Waals surface area contributed by atoms with E-state index in [0.717, 1.165) is 37.5 Å². The second-order valence-corrected chi connectivity index (χ2v) is 7.67. The summed E-state index contributed by atoms with van der Waals surface area (Å²) in [5, 5.41) is 0. The van der Waals surface area contributed by atoms with E-state index in [9.17, 15) is 9.59 Å². The van der Waals surface area contributed by atoms with Crippen LogP contribution in [0.2, 0.25) is 0 Å². The summed E-state index contributed by atoms with van der Waals surface area (Å²) in [6.45, 7) is 5.64. The summed E-state index contributed by atoms with van der Waals surface area (Å²) in [6.07, 6.45) is 5.78. The lowest BCUT2D eigenvalue weighted by atomic mass is 9.80. The number of likely N-dealkylation sites (tertiary alicyclic amines) is 1. The normalized spacial score (nSPS) is 27.5. The maximum absolute atomic E-state index is 12.7. The Morgan fingerprint density at radius 2 is 2.04 bits per heavy atom. The first-order valence-electron chi connectivity index (χ1n) is 8.59. The Kier molecular flexibility index (Phi) is 4.24. The molecule has 1 aliphatic carbocycles. The minimum absolute atomic E-state index is 0.132. The van der Waals surface area contributed by atoms with Crippen molar-refractivity contribution in [1.82, 2.24) is 4.90 Å². The number of hydrogen-bond acceptors (Lipinski definition) is 3. The predicted molar refractivity (Wildman–Crippen MR) is 92.7 cm³/mol. The van der Waals surface area contributed by atoms with Crippen LogP contribution in [0.1, 0.15) is 45.6 Å². The van der Waals surface area contributed by atoms with E-state index in [1.807, 2.05) is 43.9 Å². The van der Waals surface area contributed by atoms with Crippen LogP contribution in [0.3, 0.4) is 0 Å². The standard InChI is InChI=1S/C20H25NO3/c1-19(2,3)24-18(23)21-17-11-7-10-16(12-13-22)20(17,21)14-15-8-5-4-6-9-15/h4-6,8-9,12-13,17H,7,10-11,14H2,1-3H3/b16-12+/t17-,20+,21?/m1/s1. The highest BCUT2D eigenvalue weighted by molar-refractivity contribution is 5.78. The molecule has 1 saturated carbocycles. The van der Waals surface area contributed by atoms with Gasteiger partial charge in [0.2, 0.25) is 0 Å². The topological polar surface area (TPSA) is 46.4 Å². The minimum atomic E-state index is -0.523. The van der Waals surface area contributed by atoms with Gasteiger partial charge in [-0.2, -0.15) is 0 Å². The maximum Gasteiger partial charge on any atom is 0.411 e. The lowest BCUT2D eigenvalue weighted by molar-refractivity contribution is -0.104. The quantitative estimate of drug-likeness (QED) is 0.480. The molecule has 0 spiro atoms. The number of rotatable bonds is 3. The molecule has 2 aliphatic rings. The largest absolute Gasteiger partial charge is 0.444 e. The third-order valence-electron chi connectivity index (χ3n) is 4.88. The first-order valence-corrected chi connectivity index (χ1v) is 8.59. The summed E-state index contributed by atoms with van der Waals surface area (Å²) >= 11 is 0.